The molecule has 0 bridgehead atoms. The first-order valence-corrected chi connectivity index (χ1v) is 10.4. The van der Waals surface area contributed by atoms with Crippen molar-refractivity contribution in [1.29, 1.82) is 0 Å². The van der Waals surface area contributed by atoms with E-state index in [2.05, 4.69) is 15.7 Å². The maximum atomic E-state index is 13.7. The van der Waals surface area contributed by atoms with Gasteiger partial charge in [0.15, 0.2) is 0 Å². The normalized spacial score (nSPS) is 19.9. The Kier molecular flexibility index (Phi) is 9.80. The molecular weight excluding hydrogens is 419 g/mol. The fourth-order valence-electron chi connectivity index (χ4n) is 3.67. The zero-order valence-electron chi connectivity index (χ0n) is 17.9. The molecule has 1 fully saturated rings. The van der Waals surface area contributed by atoms with Gasteiger partial charge in [-0.25, -0.2) is 4.39 Å². The third kappa shape index (κ3) is 7.77. The zero-order valence-corrected chi connectivity index (χ0v) is 17.9. The van der Waals surface area contributed by atoms with Crippen LogP contribution < -0.4 is 10.6 Å². The minimum absolute atomic E-state index is 0.0913. The first-order chi connectivity index (χ1) is 15.3. The van der Waals surface area contributed by atoms with E-state index in [9.17, 15) is 19.1 Å². The van der Waals surface area contributed by atoms with Gasteiger partial charge in [0, 0.05) is 37.7 Å². The number of hydrogen-bond donors (Lipinski definition) is 4. The number of rotatable bonds is 7. The van der Waals surface area contributed by atoms with Gasteiger partial charge in [-0.15, -0.1) is 0 Å². The minimum atomic E-state index is -0.685. The molecule has 0 radical (unpaired) electrons. The number of aromatic nitrogens is 2. The third-order valence-corrected chi connectivity index (χ3v) is 5.34. The fraction of sp³-hybridized carbons (Fsp3) is 0.455. The minimum Gasteiger partial charge on any atom is -0.483 e. The molecule has 1 aromatic carbocycles. The van der Waals surface area contributed by atoms with Crippen LogP contribution in [0.4, 0.5) is 4.39 Å². The molecule has 1 aliphatic rings. The summed E-state index contributed by atoms with van der Waals surface area (Å²) < 4.78 is 15.3. The average molecular weight is 448 g/mol. The predicted molar refractivity (Wildman–Crippen MR) is 114 cm³/mol. The molecule has 10 heteroatoms. The van der Waals surface area contributed by atoms with Gasteiger partial charge in [0.25, 0.3) is 6.47 Å². The Hall–Kier alpha value is -3.27. The lowest BCUT2D eigenvalue weighted by Crippen LogP contribution is -2.49. The van der Waals surface area contributed by atoms with Gasteiger partial charge < -0.3 is 20.8 Å². The van der Waals surface area contributed by atoms with Crippen LogP contribution in [0.25, 0.3) is 0 Å². The second kappa shape index (κ2) is 12.6. The molecule has 2 aromatic rings. The Labute approximate surface area is 185 Å². The number of aliphatic hydroxyl groups excluding tert-OH is 1. The maximum absolute atomic E-state index is 13.7. The number of nitrogens with zero attached hydrogens (tertiary/aromatic N) is 2. The summed E-state index contributed by atoms with van der Waals surface area (Å²) in [5, 5.41) is 26.9. The highest BCUT2D eigenvalue weighted by atomic mass is 19.1. The van der Waals surface area contributed by atoms with Crippen LogP contribution >= 0.6 is 0 Å². The van der Waals surface area contributed by atoms with Gasteiger partial charge in [-0.1, -0.05) is 18.2 Å². The quantitative estimate of drug-likeness (QED) is 0.470. The average Bonchev–Trinajstić information content (AvgIpc) is 3.18. The van der Waals surface area contributed by atoms with E-state index in [-0.39, 0.29) is 42.9 Å². The van der Waals surface area contributed by atoms with Crippen LogP contribution in [0.1, 0.15) is 36.8 Å². The highest BCUT2D eigenvalue weighted by Crippen LogP contribution is 2.25. The topological polar surface area (TPSA) is 134 Å². The Balaban J connectivity index is 0.00000114. The maximum Gasteiger partial charge on any atom is 0.290 e. The standard InChI is InChI=1S/C21H27FN4O3.CH2O2/c1-26-13-14(12-24-26)11-23-21(29)16-6-8-19(27)18(10-16)25-20(28)9-7-15-4-2-3-5-17(15)22;2-1-3/h2-5,12-13,16,18-19,27H,6-11H2,1H3,(H,23,29)(H,25,28);1H,(H,2,3)/t16-,18+,19+;/m0./s1. The van der Waals surface area contributed by atoms with E-state index in [1.54, 1.807) is 29.1 Å². The molecule has 1 saturated carbocycles. The zero-order chi connectivity index (χ0) is 23.5. The number of hydrogen-bond acceptors (Lipinski definition) is 5. The molecule has 1 aromatic heterocycles. The lowest BCUT2D eigenvalue weighted by molar-refractivity contribution is -0.129. The summed E-state index contributed by atoms with van der Waals surface area (Å²) >= 11 is 0. The summed E-state index contributed by atoms with van der Waals surface area (Å²) in [5.74, 6) is -0.949. The van der Waals surface area contributed by atoms with Crippen molar-refractivity contribution in [2.24, 2.45) is 13.0 Å². The van der Waals surface area contributed by atoms with Gasteiger partial charge in [-0.2, -0.15) is 5.10 Å². The highest BCUT2D eigenvalue weighted by molar-refractivity contribution is 5.79. The van der Waals surface area contributed by atoms with Crippen molar-refractivity contribution in [1.82, 2.24) is 20.4 Å². The smallest absolute Gasteiger partial charge is 0.290 e. The number of halogens is 1. The molecular formula is C22H29FN4O5. The highest BCUT2D eigenvalue weighted by Gasteiger charge is 2.33. The van der Waals surface area contributed by atoms with E-state index in [1.165, 1.54) is 6.07 Å². The third-order valence-electron chi connectivity index (χ3n) is 5.34. The summed E-state index contributed by atoms with van der Waals surface area (Å²) in [6.07, 6.45) is 4.66. The largest absolute Gasteiger partial charge is 0.483 e. The van der Waals surface area contributed by atoms with Crippen LogP contribution in [-0.4, -0.2) is 50.4 Å². The molecule has 2 amide bonds. The van der Waals surface area contributed by atoms with Crippen molar-refractivity contribution in [3.8, 4) is 0 Å². The van der Waals surface area contributed by atoms with Gasteiger partial charge in [-0.3, -0.25) is 19.1 Å². The number of nitrogens with one attached hydrogen (secondary N) is 2. The van der Waals surface area contributed by atoms with Crippen LogP contribution in [0.2, 0.25) is 0 Å². The van der Waals surface area contributed by atoms with E-state index in [1.807, 2.05) is 13.2 Å². The van der Waals surface area contributed by atoms with E-state index < -0.39 is 12.1 Å². The monoisotopic (exact) mass is 448 g/mol. The first kappa shape index (κ1) is 25.0. The second-order valence-corrected chi connectivity index (χ2v) is 7.69. The molecule has 9 nitrogen and oxygen atoms in total. The van der Waals surface area contributed by atoms with Crippen molar-refractivity contribution in [3.05, 3.63) is 53.6 Å². The van der Waals surface area contributed by atoms with Gasteiger partial charge in [-0.05, 0) is 37.3 Å². The van der Waals surface area contributed by atoms with Crippen molar-refractivity contribution >= 4 is 18.3 Å². The van der Waals surface area contributed by atoms with Crippen molar-refractivity contribution < 1.29 is 29.0 Å². The Bertz CT molecular complexity index is 904. The number of aliphatic hydroxyl groups is 1. The number of carbonyl (C=O) groups is 3. The molecule has 174 valence electrons. The molecule has 1 aliphatic carbocycles. The molecule has 0 spiro atoms. The van der Waals surface area contributed by atoms with Gasteiger partial charge in [0.2, 0.25) is 11.8 Å². The first-order valence-electron chi connectivity index (χ1n) is 10.4. The molecule has 4 N–H and O–H groups in total. The van der Waals surface area contributed by atoms with E-state index in [0.717, 1.165) is 5.56 Å². The second-order valence-electron chi connectivity index (χ2n) is 7.69. The molecule has 0 saturated heterocycles. The molecule has 3 atom stereocenters. The van der Waals surface area contributed by atoms with Crippen LogP contribution in [0.5, 0.6) is 0 Å². The summed E-state index contributed by atoms with van der Waals surface area (Å²) in [4.78, 5) is 33.1. The summed E-state index contributed by atoms with van der Waals surface area (Å²) in [5.41, 5.74) is 1.40. The van der Waals surface area contributed by atoms with E-state index in [0.29, 0.717) is 31.4 Å². The van der Waals surface area contributed by atoms with E-state index in [4.69, 9.17) is 9.90 Å². The SMILES string of the molecule is Cn1cc(CNC(=O)[C@H]2CC[C@@H](O)[C@H](NC(=O)CCc3ccccc3F)C2)cn1.O=CO. The lowest BCUT2D eigenvalue weighted by Gasteiger charge is -2.33. The number of carbonyl (C=O) groups excluding carboxylic acids is 2. The van der Waals surface area contributed by atoms with Gasteiger partial charge in [0.1, 0.15) is 5.82 Å². The van der Waals surface area contributed by atoms with Gasteiger partial charge >= 0.3 is 0 Å². The van der Waals surface area contributed by atoms with E-state index >= 15 is 0 Å². The van der Waals surface area contributed by atoms with Crippen molar-refractivity contribution in [2.45, 2.75) is 50.8 Å². The predicted octanol–water partition coefficient (Wildman–Crippen LogP) is 1.15. The molecule has 3 rings (SSSR count). The van der Waals surface area contributed by atoms with Crippen LogP contribution in [0, 0.1) is 11.7 Å². The van der Waals surface area contributed by atoms with Crippen LogP contribution in [0.15, 0.2) is 36.7 Å². The van der Waals surface area contributed by atoms with Crippen LogP contribution in [-0.2, 0) is 34.4 Å². The summed E-state index contributed by atoms with van der Waals surface area (Å²) in [7, 11) is 1.81. The molecule has 0 aliphatic heterocycles. The fourth-order valence-corrected chi connectivity index (χ4v) is 3.67. The molecule has 0 unspecified atom stereocenters. The number of aryl methyl sites for hydroxylation is 2. The Morgan fingerprint density at radius 1 is 1.31 bits per heavy atom. The summed E-state index contributed by atoms with van der Waals surface area (Å²) in [6.45, 7) is 0.144. The number of benzene rings is 1. The van der Waals surface area contributed by atoms with Crippen LogP contribution in [0.3, 0.4) is 0 Å². The van der Waals surface area contributed by atoms with Crippen molar-refractivity contribution in [3.63, 3.8) is 0 Å². The molecule has 1 heterocycles. The number of carboxylic acid groups (broad SMARTS) is 1. The van der Waals surface area contributed by atoms with Crippen molar-refractivity contribution in [2.75, 3.05) is 0 Å². The summed E-state index contributed by atoms with van der Waals surface area (Å²) in [6, 6.07) is 5.88. The molecule has 32 heavy (non-hydrogen) atoms. The lowest BCUT2D eigenvalue weighted by atomic mass is 9.83. The number of amides is 2. The Morgan fingerprint density at radius 3 is 2.69 bits per heavy atom. The Morgan fingerprint density at radius 2 is 2.03 bits per heavy atom. The van der Waals surface area contributed by atoms with Gasteiger partial charge in [0.05, 0.1) is 18.3 Å².